The van der Waals surface area contributed by atoms with E-state index in [0.29, 0.717) is 15.2 Å². The Kier molecular flexibility index (Phi) is 4.34. The molecular formula is C16H12Cl2N2OS. The van der Waals surface area contributed by atoms with Crippen LogP contribution >= 0.6 is 34.5 Å². The van der Waals surface area contributed by atoms with Crippen molar-refractivity contribution in [3.05, 3.63) is 57.6 Å². The molecule has 0 radical (unpaired) electrons. The SMILES string of the molecule is Cc1c(Cl)ccc2sc(NC(=O)Cc3ccccc3Cl)nc12. The van der Waals surface area contributed by atoms with Crippen LogP contribution in [0, 0.1) is 6.92 Å². The molecular weight excluding hydrogens is 339 g/mol. The van der Waals surface area contributed by atoms with E-state index in [-0.39, 0.29) is 12.3 Å². The molecule has 22 heavy (non-hydrogen) atoms. The third-order valence-electron chi connectivity index (χ3n) is 3.30. The van der Waals surface area contributed by atoms with Gasteiger partial charge in [-0.25, -0.2) is 4.98 Å². The Balaban J connectivity index is 1.80. The van der Waals surface area contributed by atoms with Crippen molar-refractivity contribution in [1.82, 2.24) is 4.98 Å². The lowest BCUT2D eigenvalue weighted by atomic mass is 10.1. The number of aryl methyl sites for hydroxylation is 1. The van der Waals surface area contributed by atoms with Crippen molar-refractivity contribution < 1.29 is 4.79 Å². The van der Waals surface area contributed by atoms with Gasteiger partial charge >= 0.3 is 0 Å². The van der Waals surface area contributed by atoms with Crippen LogP contribution in [0.15, 0.2) is 36.4 Å². The van der Waals surface area contributed by atoms with Crippen LogP contribution in [-0.4, -0.2) is 10.9 Å². The summed E-state index contributed by atoms with van der Waals surface area (Å²) < 4.78 is 0.995. The van der Waals surface area contributed by atoms with Gasteiger partial charge in [0.2, 0.25) is 5.91 Å². The summed E-state index contributed by atoms with van der Waals surface area (Å²) in [7, 11) is 0. The number of carbonyl (C=O) groups excluding carboxylic acids is 1. The second-order valence-electron chi connectivity index (χ2n) is 4.85. The smallest absolute Gasteiger partial charge is 0.230 e. The van der Waals surface area contributed by atoms with Gasteiger partial charge in [-0.15, -0.1) is 0 Å². The topological polar surface area (TPSA) is 42.0 Å². The average molecular weight is 351 g/mol. The Hall–Kier alpha value is -1.62. The number of amides is 1. The standard InChI is InChI=1S/C16H12Cl2N2OS/c1-9-11(17)6-7-13-15(9)20-16(22-13)19-14(21)8-10-4-2-3-5-12(10)18/h2-7H,8H2,1H3,(H,19,20,21). The predicted octanol–water partition coefficient (Wildman–Crippen LogP) is 5.09. The first kappa shape index (κ1) is 15.3. The summed E-state index contributed by atoms with van der Waals surface area (Å²) >= 11 is 13.6. The van der Waals surface area contributed by atoms with E-state index in [9.17, 15) is 4.79 Å². The Morgan fingerprint density at radius 1 is 1.18 bits per heavy atom. The largest absolute Gasteiger partial charge is 0.302 e. The first-order chi connectivity index (χ1) is 10.5. The number of thiazole rings is 1. The van der Waals surface area contributed by atoms with Gasteiger partial charge in [0.15, 0.2) is 5.13 Å². The number of aromatic nitrogens is 1. The second-order valence-corrected chi connectivity index (χ2v) is 6.70. The molecule has 2 aromatic carbocycles. The van der Waals surface area contributed by atoms with E-state index in [2.05, 4.69) is 10.3 Å². The first-order valence-electron chi connectivity index (χ1n) is 6.63. The number of carbonyl (C=O) groups is 1. The van der Waals surface area contributed by atoms with Crippen LogP contribution in [0.1, 0.15) is 11.1 Å². The fraction of sp³-hybridized carbons (Fsp3) is 0.125. The van der Waals surface area contributed by atoms with Crippen LogP contribution in [0.25, 0.3) is 10.2 Å². The minimum atomic E-state index is -0.143. The highest BCUT2D eigenvalue weighted by molar-refractivity contribution is 7.22. The van der Waals surface area contributed by atoms with Gasteiger partial charge in [-0.1, -0.05) is 52.7 Å². The molecule has 0 saturated heterocycles. The molecule has 1 heterocycles. The molecule has 0 atom stereocenters. The summed E-state index contributed by atoms with van der Waals surface area (Å²) in [5.74, 6) is -0.143. The van der Waals surface area contributed by atoms with Crippen molar-refractivity contribution in [3.63, 3.8) is 0 Å². The number of nitrogens with zero attached hydrogens (tertiary/aromatic N) is 1. The van der Waals surface area contributed by atoms with Crippen molar-refractivity contribution in [3.8, 4) is 0 Å². The van der Waals surface area contributed by atoms with Crippen molar-refractivity contribution in [2.75, 3.05) is 5.32 Å². The van der Waals surface area contributed by atoms with Crippen molar-refractivity contribution in [2.24, 2.45) is 0 Å². The number of anilines is 1. The maximum atomic E-state index is 12.1. The lowest BCUT2D eigenvalue weighted by Gasteiger charge is -2.03. The average Bonchev–Trinajstić information content (AvgIpc) is 2.89. The zero-order valence-electron chi connectivity index (χ0n) is 11.7. The Morgan fingerprint density at radius 2 is 1.95 bits per heavy atom. The number of fused-ring (bicyclic) bond motifs is 1. The number of halogens is 2. The summed E-state index contributed by atoms with van der Waals surface area (Å²) in [5, 5.41) is 4.65. The van der Waals surface area contributed by atoms with Crippen LogP contribution in [0.3, 0.4) is 0 Å². The molecule has 0 aliphatic heterocycles. The molecule has 112 valence electrons. The quantitative estimate of drug-likeness (QED) is 0.714. The Labute approximate surface area is 141 Å². The number of rotatable bonds is 3. The first-order valence-corrected chi connectivity index (χ1v) is 8.21. The molecule has 3 aromatic rings. The normalized spacial score (nSPS) is 10.9. The summed E-state index contributed by atoms with van der Waals surface area (Å²) in [5.41, 5.74) is 2.54. The van der Waals surface area contributed by atoms with Crippen LogP contribution in [0.5, 0.6) is 0 Å². The molecule has 1 N–H and O–H groups in total. The summed E-state index contributed by atoms with van der Waals surface area (Å²) in [4.78, 5) is 16.6. The van der Waals surface area contributed by atoms with E-state index >= 15 is 0 Å². The van der Waals surface area contributed by atoms with Crippen LogP contribution in [-0.2, 0) is 11.2 Å². The fourth-order valence-corrected chi connectivity index (χ4v) is 3.43. The third kappa shape index (κ3) is 3.09. The maximum Gasteiger partial charge on any atom is 0.230 e. The van der Waals surface area contributed by atoms with Gasteiger partial charge in [0.05, 0.1) is 16.6 Å². The van der Waals surface area contributed by atoms with Gasteiger partial charge in [-0.05, 0) is 36.2 Å². The molecule has 0 aliphatic rings. The molecule has 3 rings (SSSR count). The van der Waals surface area contributed by atoms with Crippen LogP contribution < -0.4 is 5.32 Å². The van der Waals surface area contributed by atoms with Gasteiger partial charge in [0.25, 0.3) is 0 Å². The summed E-state index contributed by atoms with van der Waals surface area (Å²) in [6, 6.07) is 11.1. The zero-order valence-corrected chi connectivity index (χ0v) is 14.0. The number of hydrogen-bond donors (Lipinski definition) is 1. The van der Waals surface area contributed by atoms with Gasteiger partial charge < -0.3 is 5.32 Å². The van der Waals surface area contributed by atoms with Gasteiger partial charge in [-0.3, -0.25) is 4.79 Å². The molecule has 6 heteroatoms. The molecule has 0 fully saturated rings. The van der Waals surface area contributed by atoms with E-state index in [1.54, 1.807) is 6.07 Å². The van der Waals surface area contributed by atoms with Gasteiger partial charge in [-0.2, -0.15) is 0 Å². The van der Waals surface area contributed by atoms with Crippen molar-refractivity contribution >= 4 is 55.8 Å². The molecule has 0 unspecified atom stereocenters. The zero-order chi connectivity index (χ0) is 15.7. The monoisotopic (exact) mass is 350 g/mol. The highest BCUT2D eigenvalue weighted by Crippen LogP contribution is 2.31. The minimum absolute atomic E-state index is 0.143. The number of benzene rings is 2. The highest BCUT2D eigenvalue weighted by atomic mass is 35.5. The van der Waals surface area contributed by atoms with Crippen LogP contribution in [0.4, 0.5) is 5.13 Å². The lowest BCUT2D eigenvalue weighted by molar-refractivity contribution is -0.115. The van der Waals surface area contributed by atoms with Gasteiger partial charge in [0, 0.05) is 10.0 Å². The van der Waals surface area contributed by atoms with E-state index < -0.39 is 0 Å². The Bertz CT molecular complexity index is 860. The Morgan fingerprint density at radius 3 is 2.73 bits per heavy atom. The van der Waals surface area contributed by atoms with Crippen molar-refractivity contribution in [2.45, 2.75) is 13.3 Å². The van der Waals surface area contributed by atoms with E-state index in [4.69, 9.17) is 23.2 Å². The van der Waals surface area contributed by atoms with E-state index in [1.165, 1.54) is 11.3 Å². The second kappa shape index (κ2) is 6.24. The lowest BCUT2D eigenvalue weighted by Crippen LogP contribution is -2.14. The summed E-state index contributed by atoms with van der Waals surface area (Å²) in [6.07, 6.45) is 0.218. The minimum Gasteiger partial charge on any atom is -0.302 e. The highest BCUT2D eigenvalue weighted by Gasteiger charge is 2.12. The molecule has 0 spiro atoms. The van der Waals surface area contributed by atoms with E-state index in [0.717, 1.165) is 21.3 Å². The molecule has 3 nitrogen and oxygen atoms in total. The molecule has 0 saturated carbocycles. The number of hydrogen-bond acceptors (Lipinski definition) is 3. The predicted molar refractivity (Wildman–Crippen MR) is 93.2 cm³/mol. The van der Waals surface area contributed by atoms with Crippen LogP contribution in [0.2, 0.25) is 10.0 Å². The fourth-order valence-electron chi connectivity index (χ4n) is 2.13. The molecule has 1 aromatic heterocycles. The van der Waals surface area contributed by atoms with E-state index in [1.807, 2.05) is 37.3 Å². The molecule has 1 amide bonds. The van der Waals surface area contributed by atoms with Crippen molar-refractivity contribution in [1.29, 1.82) is 0 Å². The molecule has 0 aliphatic carbocycles. The third-order valence-corrected chi connectivity index (χ3v) is 5.02. The summed E-state index contributed by atoms with van der Waals surface area (Å²) in [6.45, 7) is 1.92. The number of nitrogens with one attached hydrogen (secondary N) is 1. The maximum absolute atomic E-state index is 12.1. The molecule has 0 bridgehead atoms. The van der Waals surface area contributed by atoms with Gasteiger partial charge in [0.1, 0.15) is 0 Å².